The molecule has 0 unspecified atom stereocenters. The van der Waals surface area contributed by atoms with E-state index < -0.39 is 23.1 Å². The molecule has 1 amide bonds. The third-order valence-electron chi connectivity index (χ3n) is 5.12. The van der Waals surface area contributed by atoms with Crippen LogP contribution in [-0.4, -0.2) is 43.0 Å². The molecule has 1 N–H and O–H groups in total. The minimum atomic E-state index is -0.687. The van der Waals surface area contributed by atoms with Crippen molar-refractivity contribution in [3.05, 3.63) is 86.9 Å². The lowest BCUT2D eigenvalue weighted by Gasteiger charge is -2.09. The van der Waals surface area contributed by atoms with Crippen LogP contribution < -0.4 is 16.6 Å². The van der Waals surface area contributed by atoms with Crippen molar-refractivity contribution in [3.8, 4) is 17.2 Å². The number of ether oxygens (including phenoxy) is 1. The Labute approximate surface area is 204 Å². The molecule has 2 heterocycles. The Bertz CT molecular complexity index is 1520. The maximum atomic E-state index is 12.6. The molecule has 0 atom stereocenters. The van der Waals surface area contributed by atoms with E-state index in [1.807, 2.05) is 0 Å². The Hall–Kier alpha value is -4.87. The van der Waals surface area contributed by atoms with Crippen LogP contribution in [0.4, 0.5) is 5.69 Å². The predicted molar refractivity (Wildman–Crippen MR) is 128 cm³/mol. The van der Waals surface area contributed by atoms with E-state index in [1.165, 1.54) is 7.05 Å². The van der Waals surface area contributed by atoms with Gasteiger partial charge < -0.3 is 14.6 Å². The largest absolute Gasteiger partial charge is 0.462 e. The van der Waals surface area contributed by atoms with Crippen LogP contribution >= 0.6 is 0 Å². The summed E-state index contributed by atoms with van der Waals surface area (Å²) in [6.45, 7) is 1.90. The molecule has 0 saturated heterocycles. The smallest absolute Gasteiger partial charge is 0.351 e. The summed E-state index contributed by atoms with van der Waals surface area (Å²) in [7, 11) is 1.33. The van der Waals surface area contributed by atoms with Gasteiger partial charge in [0.1, 0.15) is 0 Å². The predicted octanol–water partition coefficient (Wildman–Crippen LogP) is 1.73. The average molecular weight is 490 g/mol. The fourth-order valence-corrected chi connectivity index (χ4v) is 3.32. The Morgan fingerprint density at radius 2 is 1.78 bits per heavy atom. The summed E-state index contributed by atoms with van der Waals surface area (Å²) in [5, 5.41) is 10.6. The molecule has 0 radical (unpaired) electrons. The lowest BCUT2D eigenvalue weighted by molar-refractivity contribution is -0.116. The number of hydrogen-bond acceptors (Lipinski definition) is 9. The average Bonchev–Trinajstić information content (AvgIpc) is 3.36. The van der Waals surface area contributed by atoms with Gasteiger partial charge in [-0.3, -0.25) is 14.2 Å². The molecule has 12 heteroatoms. The van der Waals surface area contributed by atoms with Gasteiger partial charge in [0.2, 0.25) is 17.6 Å². The number of amides is 1. The van der Waals surface area contributed by atoms with Crippen molar-refractivity contribution in [1.29, 1.82) is 0 Å². The molecule has 184 valence electrons. The number of esters is 1. The van der Waals surface area contributed by atoms with Gasteiger partial charge >= 0.3 is 11.7 Å². The number of benzene rings is 2. The number of para-hydroxylation sites is 2. The molecule has 4 rings (SSSR count). The lowest BCUT2D eigenvalue weighted by Crippen LogP contribution is -2.40. The standard InChI is InChI=1S/C24H22N6O6/c1-3-35-23(33)16-11-7-8-12-17(16)25-18(31)13-14-19-26-21(28-36-19)20-22(32)29(2)24(34)30(27-20)15-9-5-4-6-10-15/h4-12H,3,13-14H2,1-2H3,(H,25,31). The van der Waals surface area contributed by atoms with Crippen molar-refractivity contribution < 1.29 is 18.8 Å². The first-order valence-electron chi connectivity index (χ1n) is 11.0. The van der Waals surface area contributed by atoms with Crippen LogP contribution in [0.1, 0.15) is 29.6 Å². The molecule has 4 aromatic rings. The lowest BCUT2D eigenvalue weighted by atomic mass is 10.1. The minimum Gasteiger partial charge on any atom is -0.462 e. The van der Waals surface area contributed by atoms with E-state index in [0.29, 0.717) is 11.4 Å². The Balaban J connectivity index is 1.50. The zero-order valence-electron chi connectivity index (χ0n) is 19.5. The summed E-state index contributed by atoms with van der Waals surface area (Å²) in [5.41, 5.74) is -0.468. The van der Waals surface area contributed by atoms with Gasteiger partial charge in [-0.25, -0.2) is 9.59 Å². The van der Waals surface area contributed by atoms with Gasteiger partial charge in [0.15, 0.2) is 5.69 Å². The first-order valence-corrected chi connectivity index (χ1v) is 11.0. The van der Waals surface area contributed by atoms with Gasteiger partial charge in [0, 0.05) is 19.9 Å². The molecule has 12 nitrogen and oxygen atoms in total. The molecule has 0 saturated carbocycles. The maximum absolute atomic E-state index is 12.6. The van der Waals surface area contributed by atoms with E-state index in [-0.39, 0.29) is 42.4 Å². The fraction of sp³-hybridized carbons (Fsp3) is 0.208. The first-order chi connectivity index (χ1) is 17.4. The van der Waals surface area contributed by atoms with E-state index in [2.05, 4.69) is 20.6 Å². The third-order valence-corrected chi connectivity index (χ3v) is 5.12. The first kappa shape index (κ1) is 24.3. The van der Waals surface area contributed by atoms with Crippen molar-refractivity contribution in [1.82, 2.24) is 24.5 Å². The molecular formula is C24H22N6O6. The summed E-state index contributed by atoms with van der Waals surface area (Å²) in [6, 6.07) is 15.1. The van der Waals surface area contributed by atoms with Crippen LogP contribution in [0, 0.1) is 0 Å². The summed E-state index contributed by atoms with van der Waals surface area (Å²) in [5.74, 6) is -0.942. The van der Waals surface area contributed by atoms with Gasteiger partial charge in [-0.15, -0.1) is 0 Å². The molecule has 0 spiro atoms. The van der Waals surface area contributed by atoms with Crippen LogP contribution in [0.3, 0.4) is 0 Å². The second-order valence-corrected chi connectivity index (χ2v) is 7.57. The van der Waals surface area contributed by atoms with Crippen molar-refractivity contribution >= 4 is 17.6 Å². The van der Waals surface area contributed by atoms with Gasteiger partial charge in [0.05, 0.1) is 23.5 Å². The number of nitrogens with one attached hydrogen (secondary N) is 1. The molecule has 0 fully saturated rings. The van der Waals surface area contributed by atoms with Gasteiger partial charge in [0.25, 0.3) is 5.56 Å². The molecule has 2 aromatic heterocycles. The molecule has 0 aliphatic rings. The van der Waals surface area contributed by atoms with E-state index in [4.69, 9.17) is 9.26 Å². The van der Waals surface area contributed by atoms with Gasteiger partial charge in [-0.1, -0.05) is 35.5 Å². The number of aromatic nitrogens is 5. The normalized spacial score (nSPS) is 10.7. The summed E-state index contributed by atoms with van der Waals surface area (Å²) in [4.78, 5) is 53.9. The maximum Gasteiger partial charge on any atom is 0.351 e. The highest BCUT2D eigenvalue weighted by atomic mass is 16.5. The molecule has 0 bridgehead atoms. The van der Waals surface area contributed by atoms with Crippen LogP contribution in [0.2, 0.25) is 0 Å². The van der Waals surface area contributed by atoms with E-state index >= 15 is 0 Å². The molecule has 0 aliphatic heterocycles. The second-order valence-electron chi connectivity index (χ2n) is 7.57. The number of aryl methyl sites for hydroxylation is 1. The van der Waals surface area contributed by atoms with Crippen LogP contribution in [-0.2, 0) is 23.0 Å². The Morgan fingerprint density at radius 1 is 1.06 bits per heavy atom. The Kier molecular flexibility index (Phi) is 7.14. The number of hydrogen-bond donors (Lipinski definition) is 1. The number of rotatable bonds is 8. The number of anilines is 1. The van der Waals surface area contributed by atoms with Crippen molar-refractivity contribution in [3.63, 3.8) is 0 Å². The minimum absolute atomic E-state index is 0.0340. The van der Waals surface area contributed by atoms with Crippen LogP contribution in [0.15, 0.2) is 68.7 Å². The third kappa shape index (κ3) is 5.12. The van der Waals surface area contributed by atoms with E-state index in [9.17, 15) is 19.2 Å². The number of nitrogens with zero attached hydrogens (tertiary/aromatic N) is 5. The van der Waals surface area contributed by atoms with Crippen molar-refractivity contribution in [2.24, 2.45) is 7.05 Å². The number of carbonyl (C=O) groups is 2. The second kappa shape index (κ2) is 10.6. The zero-order chi connectivity index (χ0) is 25.7. The highest BCUT2D eigenvalue weighted by Gasteiger charge is 2.20. The zero-order valence-corrected chi connectivity index (χ0v) is 19.5. The monoisotopic (exact) mass is 490 g/mol. The van der Waals surface area contributed by atoms with Gasteiger partial charge in [-0.2, -0.15) is 14.8 Å². The van der Waals surface area contributed by atoms with Crippen LogP contribution in [0.25, 0.3) is 17.2 Å². The molecule has 2 aromatic carbocycles. The summed E-state index contributed by atoms with van der Waals surface area (Å²) >= 11 is 0. The fourth-order valence-electron chi connectivity index (χ4n) is 3.32. The summed E-state index contributed by atoms with van der Waals surface area (Å²) < 4.78 is 12.2. The quantitative estimate of drug-likeness (QED) is 0.364. The highest BCUT2D eigenvalue weighted by molar-refractivity contribution is 6.01. The van der Waals surface area contributed by atoms with E-state index in [0.717, 1.165) is 9.25 Å². The summed E-state index contributed by atoms with van der Waals surface area (Å²) in [6.07, 6.45) is 0.0345. The molecule has 36 heavy (non-hydrogen) atoms. The Morgan fingerprint density at radius 3 is 2.53 bits per heavy atom. The molecular weight excluding hydrogens is 468 g/mol. The molecule has 0 aliphatic carbocycles. The van der Waals surface area contributed by atoms with E-state index in [1.54, 1.807) is 61.5 Å². The SMILES string of the molecule is CCOC(=O)c1ccccc1NC(=O)CCc1nc(-c2nn(-c3ccccc3)c(=O)n(C)c2=O)no1. The topological polar surface area (TPSA) is 151 Å². The van der Waals surface area contributed by atoms with Crippen molar-refractivity contribution in [2.45, 2.75) is 19.8 Å². The van der Waals surface area contributed by atoms with Gasteiger partial charge in [-0.05, 0) is 31.2 Å². The van der Waals surface area contributed by atoms with Crippen molar-refractivity contribution in [2.75, 3.05) is 11.9 Å². The number of carbonyl (C=O) groups excluding carboxylic acids is 2. The van der Waals surface area contributed by atoms with Crippen LogP contribution in [0.5, 0.6) is 0 Å². The highest BCUT2D eigenvalue weighted by Crippen LogP contribution is 2.17.